The number of ether oxygens (including phenoxy) is 2. The fourth-order valence-electron chi connectivity index (χ4n) is 5.00. The molecule has 3 saturated heterocycles. The van der Waals surface area contributed by atoms with Gasteiger partial charge in [-0.05, 0) is 61.2 Å². The van der Waals surface area contributed by atoms with Crippen LogP contribution >= 0.6 is 0 Å². The number of nitrogens with one attached hydrogen (secondary N) is 1. The number of carbonyl (C=O) groups excluding carboxylic acids is 1. The van der Waals surface area contributed by atoms with E-state index < -0.39 is 23.7 Å². The van der Waals surface area contributed by atoms with Crippen LogP contribution in [0.5, 0.6) is 5.75 Å². The third-order valence-electron chi connectivity index (χ3n) is 6.80. The van der Waals surface area contributed by atoms with Crippen molar-refractivity contribution in [1.29, 1.82) is 0 Å². The summed E-state index contributed by atoms with van der Waals surface area (Å²) in [6.07, 6.45) is -2.72. The van der Waals surface area contributed by atoms with E-state index in [-0.39, 0.29) is 17.7 Å². The highest BCUT2D eigenvalue weighted by Gasteiger charge is 2.37. The van der Waals surface area contributed by atoms with E-state index >= 15 is 0 Å². The summed E-state index contributed by atoms with van der Waals surface area (Å²) in [6.45, 7) is 3.22. The first-order chi connectivity index (χ1) is 15.8. The van der Waals surface area contributed by atoms with Crippen LogP contribution in [0.2, 0.25) is 0 Å². The molecule has 2 bridgehead atoms. The van der Waals surface area contributed by atoms with Crippen molar-refractivity contribution in [1.82, 2.24) is 10.2 Å². The molecule has 2 aromatic carbocycles. The van der Waals surface area contributed by atoms with Crippen LogP contribution in [0.3, 0.4) is 0 Å². The van der Waals surface area contributed by atoms with Crippen molar-refractivity contribution in [2.75, 3.05) is 26.2 Å². The molecule has 2 aromatic rings. The quantitative estimate of drug-likeness (QED) is 0.638. The Balaban J connectivity index is 1.31. The van der Waals surface area contributed by atoms with Gasteiger partial charge in [-0.15, -0.1) is 0 Å². The van der Waals surface area contributed by atoms with Gasteiger partial charge in [0, 0.05) is 18.5 Å². The molecule has 2 atom stereocenters. The minimum atomic E-state index is -4.78. The largest absolute Gasteiger partial charge is 0.493 e. The fourth-order valence-corrected chi connectivity index (χ4v) is 5.00. The first-order valence-corrected chi connectivity index (χ1v) is 11.1. The van der Waals surface area contributed by atoms with E-state index in [0.717, 1.165) is 50.2 Å². The number of nitrogens with zero attached hydrogens (tertiary/aromatic N) is 1. The Bertz CT molecular complexity index is 1050. The number of halogens is 4. The van der Waals surface area contributed by atoms with Crippen LogP contribution in [-0.4, -0.2) is 43.3 Å². The average molecular weight is 464 g/mol. The van der Waals surface area contributed by atoms with Crippen molar-refractivity contribution in [2.24, 2.45) is 5.92 Å². The molecule has 0 aromatic heterocycles. The number of fused-ring (bicyclic) bond motifs is 4. The van der Waals surface area contributed by atoms with Crippen molar-refractivity contribution in [2.45, 2.75) is 37.6 Å². The minimum Gasteiger partial charge on any atom is -0.493 e. The van der Waals surface area contributed by atoms with Crippen LogP contribution in [0, 0.1) is 11.7 Å². The minimum absolute atomic E-state index is 0.101. The first-order valence-electron chi connectivity index (χ1n) is 11.1. The molecule has 1 amide bonds. The van der Waals surface area contributed by atoms with E-state index in [1.807, 2.05) is 0 Å². The Morgan fingerprint density at radius 3 is 2.48 bits per heavy atom. The molecule has 1 unspecified atom stereocenters. The highest BCUT2D eigenvalue weighted by molar-refractivity contribution is 5.70. The van der Waals surface area contributed by atoms with Gasteiger partial charge in [0.05, 0.1) is 18.2 Å². The first kappa shape index (κ1) is 22.0. The van der Waals surface area contributed by atoms with Crippen LogP contribution in [0.1, 0.15) is 36.4 Å². The predicted octanol–water partition coefficient (Wildman–Crippen LogP) is 5.16. The monoisotopic (exact) mass is 464 g/mol. The van der Waals surface area contributed by atoms with E-state index in [9.17, 15) is 22.4 Å². The van der Waals surface area contributed by atoms with E-state index in [1.165, 1.54) is 6.07 Å². The zero-order chi connectivity index (χ0) is 23.2. The summed E-state index contributed by atoms with van der Waals surface area (Å²) < 4.78 is 64.3. The lowest BCUT2D eigenvalue weighted by Gasteiger charge is -2.44. The normalized spacial score (nSPS) is 26.3. The van der Waals surface area contributed by atoms with Crippen molar-refractivity contribution >= 4 is 6.09 Å². The lowest BCUT2D eigenvalue weighted by atomic mass is 9.86. The number of rotatable bonds is 3. The fraction of sp³-hybridized carbons (Fsp3) is 0.458. The van der Waals surface area contributed by atoms with Gasteiger partial charge in [-0.2, -0.15) is 13.2 Å². The standard InChI is InChI=1S/C24H24F4N2O3/c25-19-4-2-15(11-18(19)24(26,27)28)16-1-3-17-20(7-10-32-21(17)12-16)29-23(31)33-22-13-30-8-5-14(22)6-9-30/h1-4,11-12,14,20,22H,5-10,13H2,(H,29,31)/t20?,22-/m1/s1. The van der Waals surface area contributed by atoms with Gasteiger partial charge in [0.25, 0.3) is 0 Å². The van der Waals surface area contributed by atoms with Gasteiger partial charge in [0.2, 0.25) is 0 Å². The van der Waals surface area contributed by atoms with Crippen molar-refractivity contribution in [3.63, 3.8) is 0 Å². The number of amides is 1. The number of benzene rings is 2. The molecule has 176 valence electrons. The van der Waals surface area contributed by atoms with E-state index in [2.05, 4.69) is 10.2 Å². The number of alkyl halides is 3. The maximum atomic E-state index is 13.6. The molecule has 0 saturated carbocycles. The zero-order valence-electron chi connectivity index (χ0n) is 17.8. The highest BCUT2D eigenvalue weighted by Crippen LogP contribution is 2.38. The second-order valence-corrected chi connectivity index (χ2v) is 8.86. The molecule has 4 aliphatic heterocycles. The van der Waals surface area contributed by atoms with E-state index in [4.69, 9.17) is 9.47 Å². The molecule has 6 rings (SSSR count). The van der Waals surface area contributed by atoms with Crippen LogP contribution in [0.15, 0.2) is 36.4 Å². The molecule has 0 radical (unpaired) electrons. The van der Waals surface area contributed by atoms with E-state index in [1.54, 1.807) is 18.2 Å². The molecule has 4 aliphatic rings. The second kappa shape index (κ2) is 8.52. The third kappa shape index (κ3) is 4.51. The predicted molar refractivity (Wildman–Crippen MR) is 112 cm³/mol. The van der Waals surface area contributed by atoms with E-state index in [0.29, 0.717) is 30.3 Å². The van der Waals surface area contributed by atoms with Crippen LogP contribution in [0.25, 0.3) is 11.1 Å². The smallest absolute Gasteiger partial charge is 0.419 e. The summed E-state index contributed by atoms with van der Waals surface area (Å²) in [5, 5.41) is 2.92. The summed E-state index contributed by atoms with van der Waals surface area (Å²) in [6, 6.07) is 7.57. The Labute approximate surface area is 188 Å². The number of piperidine rings is 3. The molecule has 0 aliphatic carbocycles. The van der Waals surface area contributed by atoms with Gasteiger partial charge >= 0.3 is 12.3 Å². The van der Waals surface area contributed by atoms with Gasteiger partial charge in [0.15, 0.2) is 0 Å². The maximum Gasteiger partial charge on any atom is 0.419 e. The summed E-state index contributed by atoms with van der Waals surface area (Å²) in [7, 11) is 0. The van der Waals surface area contributed by atoms with Gasteiger partial charge < -0.3 is 14.8 Å². The Morgan fingerprint density at radius 2 is 1.79 bits per heavy atom. The molecular formula is C24H24F4N2O3. The molecule has 5 nitrogen and oxygen atoms in total. The van der Waals surface area contributed by atoms with Gasteiger partial charge in [-0.3, -0.25) is 4.90 Å². The number of carbonyl (C=O) groups is 1. The van der Waals surface area contributed by atoms with Crippen LogP contribution < -0.4 is 10.1 Å². The molecule has 9 heteroatoms. The Kier molecular flexibility index (Phi) is 5.68. The van der Waals surface area contributed by atoms with Crippen molar-refractivity contribution < 1.29 is 31.8 Å². The second-order valence-electron chi connectivity index (χ2n) is 8.86. The zero-order valence-corrected chi connectivity index (χ0v) is 17.8. The van der Waals surface area contributed by atoms with Crippen LogP contribution in [0.4, 0.5) is 22.4 Å². The van der Waals surface area contributed by atoms with Crippen LogP contribution in [-0.2, 0) is 10.9 Å². The molecule has 3 fully saturated rings. The Hall–Kier alpha value is -2.81. The Morgan fingerprint density at radius 1 is 1.06 bits per heavy atom. The number of alkyl carbamates (subject to hydrolysis) is 1. The van der Waals surface area contributed by atoms with Crippen molar-refractivity contribution in [3.05, 3.63) is 53.3 Å². The molecular weight excluding hydrogens is 440 g/mol. The molecule has 33 heavy (non-hydrogen) atoms. The molecule has 0 spiro atoms. The van der Waals surface area contributed by atoms with Gasteiger partial charge in [-0.25, -0.2) is 9.18 Å². The van der Waals surface area contributed by atoms with Gasteiger partial charge in [-0.1, -0.05) is 18.2 Å². The summed E-state index contributed by atoms with van der Waals surface area (Å²) in [5.41, 5.74) is 0.115. The molecule has 1 N–H and O–H groups in total. The number of hydrogen-bond donors (Lipinski definition) is 1. The summed E-state index contributed by atoms with van der Waals surface area (Å²) in [5.74, 6) is -0.432. The molecule has 4 heterocycles. The lowest BCUT2D eigenvalue weighted by molar-refractivity contribution is -0.139. The third-order valence-corrected chi connectivity index (χ3v) is 6.80. The lowest BCUT2D eigenvalue weighted by Crippen LogP contribution is -2.52. The topological polar surface area (TPSA) is 50.8 Å². The number of hydrogen-bond acceptors (Lipinski definition) is 4. The maximum absolute atomic E-state index is 13.6. The summed E-state index contributed by atoms with van der Waals surface area (Å²) in [4.78, 5) is 14.9. The average Bonchev–Trinajstić information content (AvgIpc) is 2.79. The van der Waals surface area contributed by atoms with Gasteiger partial charge in [0.1, 0.15) is 17.7 Å². The highest BCUT2D eigenvalue weighted by atomic mass is 19.4. The van der Waals surface area contributed by atoms with Crippen molar-refractivity contribution in [3.8, 4) is 16.9 Å². The summed E-state index contributed by atoms with van der Waals surface area (Å²) >= 11 is 0. The SMILES string of the molecule is O=C(NC1CCOc2cc(-c3ccc(F)c(C(F)(F)F)c3)ccc21)O[C@@H]1CN2CCC1CC2.